The fraction of sp³-hybridized carbons (Fsp3) is 0.412. The third-order valence-corrected chi connectivity index (χ3v) is 5.55. The molecule has 1 fully saturated rings. The van der Waals surface area contributed by atoms with Crippen molar-refractivity contribution in [1.29, 1.82) is 0 Å². The van der Waals surface area contributed by atoms with Crippen LogP contribution in [0.15, 0.2) is 42.5 Å². The molecule has 0 aliphatic heterocycles. The predicted octanol–water partition coefficient (Wildman–Crippen LogP) is 4.44. The molecule has 100 valence electrons. The maximum absolute atomic E-state index is 3.58. The summed E-state index contributed by atoms with van der Waals surface area (Å²) < 4.78 is 0. The average molecular weight is 271 g/mol. The van der Waals surface area contributed by atoms with Crippen LogP contribution in [0.3, 0.4) is 0 Å². The van der Waals surface area contributed by atoms with Crippen LogP contribution in [0.1, 0.15) is 40.6 Å². The lowest BCUT2D eigenvalue weighted by atomic mass is 9.60. The summed E-state index contributed by atoms with van der Waals surface area (Å²) in [5, 5.41) is 3.58. The Balaban J connectivity index is 2.01. The molecular weight excluding hydrogens is 250 g/mol. The van der Waals surface area contributed by atoms with Crippen LogP contribution in [0, 0.1) is 6.92 Å². The van der Waals surface area contributed by atoms with Gasteiger partial charge < -0.3 is 5.32 Å². The molecule has 2 aromatic rings. The van der Waals surface area contributed by atoms with Crippen molar-refractivity contribution in [3.05, 3.63) is 57.8 Å². The van der Waals surface area contributed by atoms with Crippen molar-refractivity contribution in [3.63, 3.8) is 0 Å². The summed E-state index contributed by atoms with van der Waals surface area (Å²) in [5.74, 6) is 0. The molecule has 0 saturated heterocycles. The topological polar surface area (TPSA) is 12.0 Å². The number of nitrogens with one attached hydrogen (secondary N) is 1. The number of rotatable bonds is 4. The molecule has 0 spiro atoms. The molecular formula is C17H21NS. The highest BCUT2D eigenvalue weighted by Gasteiger charge is 2.45. The number of aryl methyl sites for hydroxylation is 1. The molecule has 0 bridgehead atoms. The molecule has 1 nitrogen and oxygen atoms in total. The van der Waals surface area contributed by atoms with E-state index in [0.29, 0.717) is 11.5 Å². The van der Waals surface area contributed by atoms with Crippen molar-refractivity contribution in [2.75, 3.05) is 7.05 Å². The number of likely N-dealkylation sites (N-methyl/N-ethyl adjacent to an activating group) is 1. The first-order chi connectivity index (χ1) is 9.26. The summed E-state index contributed by atoms with van der Waals surface area (Å²) in [6.07, 6.45) is 3.93. The van der Waals surface area contributed by atoms with E-state index >= 15 is 0 Å². The second-order valence-electron chi connectivity index (χ2n) is 5.55. The van der Waals surface area contributed by atoms with E-state index in [1.165, 1.54) is 34.6 Å². The van der Waals surface area contributed by atoms with Crippen LogP contribution in [0.4, 0.5) is 0 Å². The standard InChI is InChI=1S/C17H21NS/c1-13-9-10-15(19-13)16(18-2)17(11-6-12-17)14-7-4-3-5-8-14/h3-5,7-10,16,18H,6,11-12H2,1-2H3. The van der Waals surface area contributed by atoms with Gasteiger partial charge in [0.25, 0.3) is 0 Å². The predicted molar refractivity (Wildman–Crippen MR) is 82.8 cm³/mol. The second kappa shape index (κ2) is 5.10. The van der Waals surface area contributed by atoms with Gasteiger partial charge in [0.05, 0.1) is 6.04 Å². The minimum absolute atomic E-state index is 0.299. The SMILES string of the molecule is CNC(c1ccc(C)s1)C1(c2ccccc2)CCC1. The first-order valence-corrected chi connectivity index (χ1v) is 7.87. The number of hydrogen-bond acceptors (Lipinski definition) is 2. The van der Waals surface area contributed by atoms with Gasteiger partial charge in [-0.1, -0.05) is 36.8 Å². The Hall–Kier alpha value is -1.12. The summed E-state index contributed by atoms with van der Waals surface area (Å²) >= 11 is 1.93. The summed E-state index contributed by atoms with van der Waals surface area (Å²) in [6, 6.07) is 16.0. The van der Waals surface area contributed by atoms with Crippen LogP contribution in [0.2, 0.25) is 0 Å². The third-order valence-electron chi connectivity index (χ3n) is 4.48. The van der Waals surface area contributed by atoms with Crippen molar-refractivity contribution >= 4 is 11.3 Å². The summed E-state index contributed by atoms with van der Waals surface area (Å²) in [5.41, 5.74) is 1.79. The Morgan fingerprint density at radius 1 is 1.11 bits per heavy atom. The highest BCUT2D eigenvalue weighted by Crippen LogP contribution is 2.52. The third kappa shape index (κ3) is 2.13. The Kier molecular flexibility index (Phi) is 3.46. The number of hydrogen-bond donors (Lipinski definition) is 1. The normalized spacial score (nSPS) is 18.8. The summed E-state index contributed by atoms with van der Waals surface area (Å²) in [7, 11) is 2.10. The van der Waals surface area contributed by atoms with E-state index in [0.717, 1.165) is 0 Å². The van der Waals surface area contributed by atoms with Gasteiger partial charge in [-0.3, -0.25) is 0 Å². The van der Waals surface area contributed by atoms with E-state index < -0.39 is 0 Å². The molecule has 0 amide bonds. The zero-order valence-electron chi connectivity index (χ0n) is 11.6. The van der Waals surface area contributed by atoms with Crippen LogP contribution >= 0.6 is 11.3 Å². The minimum atomic E-state index is 0.299. The van der Waals surface area contributed by atoms with Crippen molar-refractivity contribution in [3.8, 4) is 0 Å². The van der Waals surface area contributed by atoms with Gasteiger partial charge in [-0.25, -0.2) is 0 Å². The highest BCUT2D eigenvalue weighted by atomic mass is 32.1. The van der Waals surface area contributed by atoms with Crippen LogP contribution in [0.5, 0.6) is 0 Å². The molecule has 2 heteroatoms. The van der Waals surface area contributed by atoms with Gasteiger partial charge in [0.1, 0.15) is 0 Å². The molecule has 1 aromatic heterocycles. The van der Waals surface area contributed by atoms with Gasteiger partial charge >= 0.3 is 0 Å². The van der Waals surface area contributed by atoms with Crippen molar-refractivity contribution in [1.82, 2.24) is 5.32 Å². The van der Waals surface area contributed by atoms with Crippen molar-refractivity contribution in [2.45, 2.75) is 37.6 Å². The smallest absolute Gasteiger partial charge is 0.0510 e. The Bertz CT molecular complexity index is 539. The van der Waals surface area contributed by atoms with Gasteiger partial charge in [0, 0.05) is 15.2 Å². The van der Waals surface area contributed by atoms with Crippen LogP contribution in [-0.4, -0.2) is 7.05 Å². The van der Waals surface area contributed by atoms with Crippen LogP contribution < -0.4 is 5.32 Å². The molecule has 19 heavy (non-hydrogen) atoms. The van der Waals surface area contributed by atoms with Gasteiger partial charge in [-0.15, -0.1) is 11.3 Å². The average Bonchev–Trinajstić information content (AvgIpc) is 2.81. The lowest BCUT2D eigenvalue weighted by Gasteiger charge is -2.48. The molecule has 1 aromatic carbocycles. The van der Waals surface area contributed by atoms with Gasteiger partial charge in [0.2, 0.25) is 0 Å². The minimum Gasteiger partial charge on any atom is -0.312 e. The second-order valence-corrected chi connectivity index (χ2v) is 6.87. The Morgan fingerprint density at radius 2 is 1.84 bits per heavy atom. The fourth-order valence-electron chi connectivity index (χ4n) is 3.37. The van der Waals surface area contributed by atoms with Crippen molar-refractivity contribution < 1.29 is 0 Å². The fourth-order valence-corrected chi connectivity index (χ4v) is 4.48. The van der Waals surface area contributed by atoms with E-state index in [9.17, 15) is 0 Å². The number of benzene rings is 1. The summed E-state index contributed by atoms with van der Waals surface area (Å²) in [6.45, 7) is 2.19. The maximum Gasteiger partial charge on any atom is 0.0510 e. The van der Waals surface area contributed by atoms with Crippen LogP contribution in [-0.2, 0) is 5.41 Å². The Morgan fingerprint density at radius 3 is 2.32 bits per heavy atom. The van der Waals surface area contributed by atoms with Crippen molar-refractivity contribution in [2.24, 2.45) is 0 Å². The monoisotopic (exact) mass is 271 g/mol. The molecule has 1 aliphatic rings. The van der Waals surface area contributed by atoms with E-state index in [2.05, 4.69) is 61.8 Å². The van der Waals surface area contributed by atoms with E-state index in [1.54, 1.807) is 0 Å². The first-order valence-electron chi connectivity index (χ1n) is 7.05. The van der Waals surface area contributed by atoms with E-state index in [1.807, 2.05) is 11.3 Å². The van der Waals surface area contributed by atoms with Gasteiger partial charge in [-0.2, -0.15) is 0 Å². The molecule has 1 heterocycles. The molecule has 1 atom stereocenters. The lowest BCUT2D eigenvalue weighted by molar-refractivity contribution is 0.178. The zero-order chi connectivity index (χ0) is 13.3. The van der Waals surface area contributed by atoms with Crippen LogP contribution in [0.25, 0.3) is 0 Å². The molecule has 0 radical (unpaired) electrons. The zero-order valence-corrected chi connectivity index (χ0v) is 12.5. The molecule has 1 N–H and O–H groups in total. The lowest BCUT2D eigenvalue weighted by Crippen LogP contribution is -2.45. The maximum atomic E-state index is 3.58. The molecule has 3 rings (SSSR count). The van der Waals surface area contributed by atoms with Gasteiger partial charge in [-0.05, 0) is 44.5 Å². The quantitative estimate of drug-likeness (QED) is 0.867. The number of thiophene rings is 1. The largest absolute Gasteiger partial charge is 0.312 e. The Labute approximate surface area is 119 Å². The first kappa shape index (κ1) is 12.9. The molecule has 1 saturated carbocycles. The van der Waals surface area contributed by atoms with E-state index in [-0.39, 0.29) is 0 Å². The van der Waals surface area contributed by atoms with E-state index in [4.69, 9.17) is 0 Å². The molecule has 1 unspecified atom stereocenters. The van der Waals surface area contributed by atoms with Gasteiger partial charge in [0.15, 0.2) is 0 Å². The highest BCUT2D eigenvalue weighted by molar-refractivity contribution is 7.12. The summed E-state index contributed by atoms with van der Waals surface area (Å²) in [4.78, 5) is 2.88. The molecule has 1 aliphatic carbocycles.